The van der Waals surface area contributed by atoms with Crippen LogP contribution >= 0.6 is 0 Å². The molecule has 0 spiro atoms. The lowest BCUT2D eigenvalue weighted by Gasteiger charge is -2.34. The monoisotopic (exact) mass is 480 g/mol. The highest BCUT2D eigenvalue weighted by Gasteiger charge is 2.31. The predicted octanol–water partition coefficient (Wildman–Crippen LogP) is 9.61. The lowest BCUT2D eigenvalue weighted by atomic mass is 9.95. The maximum absolute atomic E-state index is 4.40. The van der Waals surface area contributed by atoms with Gasteiger partial charge in [0.15, 0.2) is 0 Å². The molecule has 2 nitrogen and oxygen atoms in total. The third-order valence-corrected chi connectivity index (χ3v) is 6.22. The molecule has 1 aromatic carbocycles. The van der Waals surface area contributed by atoms with Gasteiger partial charge in [-0.15, -0.1) is 0 Å². The van der Waals surface area contributed by atoms with E-state index in [1.54, 1.807) is 0 Å². The van der Waals surface area contributed by atoms with Gasteiger partial charge in [-0.25, -0.2) is 0 Å². The van der Waals surface area contributed by atoms with Crippen LogP contribution in [0.3, 0.4) is 0 Å². The van der Waals surface area contributed by atoms with Crippen LogP contribution in [0.1, 0.15) is 98.0 Å². The average molecular weight is 481 g/mol. The highest BCUT2D eigenvalue weighted by Crippen LogP contribution is 2.37. The van der Waals surface area contributed by atoms with Crippen LogP contribution in [0.15, 0.2) is 78.7 Å². The third-order valence-electron chi connectivity index (χ3n) is 6.22. The molecule has 0 saturated carbocycles. The Morgan fingerprint density at radius 3 is 2.09 bits per heavy atom. The molecule has 198 valence electrons. The van der Waals surface area contributed by atoms with E-state index in [1.807, 2.05) is 25.2 Å². The molecule has 0 radical (unpaired) electrons. The molecule has 1 saturated heterocycles. The third kappa shape index (κ3) is 14.2. The Kier molecular flexibility index (Phi) is 20.0. The molecule has 1 aliphatic heterocycles. The molecule has 1 atom stereocenters. The van der Waals surface area contributed by atoms with Crippen LogP contribution in [-0.4, -0.2) is 24.5 Å². The highest BCUT2D eigenvalue weighted by atomic mass is 15.2. The van der Waals surface area contributed by atoms with Crippen molar-refractivity contribution < 1.29 is 0 Å². The van der Waals surface area contributed by atoms with Crippen molar-refractivity contribution in [1.82, 2.24) is 10.2 Å². The molecule has 1 fully saturated rings. The van der Waals surface area contributed by atoms with Crippen molar-refractivity contribution >= 4 is 0 Å². The summed E-state index contributed by atoms with van der Waals surface area (Å²) < 4.78 is 0. The Balaban J connectivity index is 0.000000628. The first-order chi connectivity index (χ1) is 16.9. The van der Waals surface area contributed by atoms with E-state index in [0.717, 1.165) is 19.4 Å². The van der Waals surface area contributed by atoms with E-state index in [0.29, 0.717) is 12.0 Å². The molecule has 0 bridgehead atoms. The zero-order valence-corrected chi connectivity index (χ0v) is 24.2. The van der Waals surface area contributed by atoms with Crippen LogP contribution in [0.4, 0.5) is 0 Å². The lowest BCUT2D eigenvalue weighted by molar-refractivity contribution is 0.311. The molecule has 35 heavy (non-hydrogen) atoms. The largest absolute Gasteiger partial charge is 0.346 e. The van der Waals surface area contributed by atoms with Crippen molar-refractivity contribution in [2.24, 2.45) is 5.92 Å². The van der Waals surface area contributed by atoms with Crippen molar-refractivity contribution in [3.63, 3.8) is 0 Å². The van der Waals surface area contributed by atoms with E-state index in [2.05, 4.69) is 95.3 Å². The summed E-state index contributed by atoms with van der Waals surface area (Å²) in [5.74, 6) is 0.600. The maximum atomic E-state index is 4.40. The molecule has 1 aliphatic carbocycles. The summed E-state index contributed by atoms with van der Waals surface area (Å²) in [5.41, 5.74) is 5.39. The number of allylic oxidation sites excluding steroid dienone is 5. The van der Waals surface area contributed by atoms with E-state index in [9.17, 15) is 0 Å². The fourth-order valence-corrected chi connectivity index (χ4v) is 4.30. The number of hydrogen-bond acceptors (Lipinski definition) is 2. The Morgan fingerprint density at radius 2 is 1.69 bits per heavy atom. The van der Waals surface area contributed by atoms with E-state index >= 15 is 0 Å². The summed E-state index contributed by atoms with van der Waals surface area (Å²) in [6.07, 6.45) is 17.7. The standard InChI is InChI=1S/C19H29N.C7H8.C4H11N.C3H8/c1-5-18(6-2)16(4)20-15(3)12-13-19(20)14-17-10-8-7-9-11-17;1-7-5-3-2-4-6-7;1-3-4-5-2;1-3-2/h8,10-11,18-19H,3-7,9,12-14H2,1-2H3;2-6H,1H3;5H,3-4H2,1-2H3;3H2,1-2H3. The molecule has 0 aromatic heterocycles. The number of rotatable bonds is 8. The lowest BCUT2D eigenvalue weighted by Crippen LogP contribution is -2.30. The summed E-state index contributed by atoms with van der Waals surface area (Å²) in [7, 11) is 1.96. The van der Waals surface area contributed by atoms with E-state index in [4.69, 9.17) is 0 Å². The summed E-state index contributed by atoms with van der Waals surface area (Å²) in [6, 6.07) is 10.8. The van der Waals surface area contributed by atoms with Crippen LogP contribution in [0.25, 0.3) is 0 Å². The summed E-state index contributed by atoms with van der Waals surface area (Å²) in [4.78, 5) is 2.46. The van der Waals surface area contributed by atoms with Gasteiger partial charge >= 0.3 is 0 Å². The average Bonchev–Trinajstić information content (AvgIpc) is 3.22. The van der Waals surface area contributed by atoms with Crippen LogP contribution < -0.4 is 5.32 Å². The van der Waals surface area contributed by atoms with Gasteiger partial charge in [-0.1, -0.05) is 114 Å². The number of benzene rings is 1. The molecule has 2 aliphatic rings. The number of aryl methyl sites for hydroxylation is 1. The van der Waals surface area contributed by atoms with Gasteiger partial charge in [-0.2, -0.15) is 0 Å². The number of likely N-dealkylation sites (tertiary alicyclic amines) is 1. The van der Waals surface area contributed by atoms with Crippen molar-refractivity contribution in [2.75, 3.05) is 13.6 Å². The van der Waals surface area contributed by atoms with Crippen molar-refractivity contribution in [1.29, 1.82) is 0 Å². The van der Waals surface area contributed by atoms with Gasteiger partial charge in [0.25, 0.3) is 0 Å². The van der Waals surface area contributed by atoms with E-state index in [-0.39, 0.29) is 0 Å². The van der Waals surface area contributed by atoms with Gasteiger partial charge < -0.3 is 10.2 Å². The summed E-state index contributed by atoms with van der Waals surface area (Å²) >= 11 is 0. The quantitative estimate of drug-likeness (QED) is 0.398. The maximum Gasteiger partial charge on any atom is 0.0379 e. The number of nitrogens with one attached hydrogen (secondary N) is 1. The van der Waals surface area contributed by atoms with Gasteiger partial charge in [-0.3, -0.25) is 0 Å². The Bertz CT molecular complexity index is 723. The van der Waals surface area contributed by atoms with Crippen molar-refractivity contribution in [3.05, 3.63) is 84.2 Å². The van der Waals surface area contributed by atoms with Gasteiger partial charge in [0.1, 0.15) is 0 Å². The predicted molar refractivity (Wildman–Crippen MR) is 160 cm³/mol. The van der Waals surface area contributed by atoms with Crippen molar-refractivity contribution in [3.8, 4) is 0 Å². The second-order valence-corrected chi connectivity index (χ2v) is 9.56. The molecule has 1 aromatic rings. The molecular formula is C33H56N2. The topological polar surface area (TPSA) is 15.3 Å². The molecule has 1 N–H and O–H groups in total. The first kappa shape index (κ1) is 32.9. The molecule has 1 heterocycles. The van der Waals surface area contributed by atoms with Gasteiger partial charge in [0, 0.05) is 17.4 Å². The summed E-state index contributed by atoms with van der Waals surface area (Å²) in [5, 5.41) is 3.02. The minimum absolute atomic E-state index is 0.574. The molecule has 0 amide bonds. The highest BCUT2D eigenvalue weighted by molar-refractivity contribution is 5.26. The zero-order chi connectivity index (χ0) is 26.5. The van der Waals surface area contributed by atoms with Crippen LogP contribution in [0, 0.1) is 12.8 Å². The second kappa shape index (κ2) is 21.2. The van der Waals surface area contributed by atoms with Crippen molar-refractivity contribution in [2.45, 2.75) is 105 Å². The van der Waals surface area contributed by atoms with Crippen LogP contribution in [0.2, 0.25) is 0 Å². The van der Waals surface area contributed by atoms with Crippen LogP contribution in [-0.2, 0) is 0 Å². The van der Waals surface area contributed by atoms with Gasteiger partial charge in [-0.05, 0) is 77.8 Å². The van der Waals surface area contributed by atoms with Gasteiger partial charge in [0.2, 0.25) is 0 Å². The molecule has 1 unspecified atom stereocenters. The zero-order valence-electron chi connectivity index (χ0n) is 24.2. The number of nitrogens with zero attached hydrogens (tertiary/aromatic N) is 1. The van der Waals surface area contributed by atoms with Gasteiger partial charge in [0.05, 0.1) is 0 Å². The van der Waals surface area contributed by atoms with E-state index in [1.165, 1.54) is 67.5 Å². The smallest absolute Gasteiger partial charge is 0.0379 e. The first-order valence-corrected chi connectivity index (χ1v) is 14.1. The summed E-state index contributed by atoms with van der Waals surface area (Å²) in [6.45, 7) is 22.8. The minimum atomic E-state index is 0.574. The minimum Gasteiger partial charge on any atom is -0.346 e. The molecule has 3 rings (SSSR count). The molecule has 2 heteroatoms. The van der Waals surface area contributed by atoms with Crippen LogP contribution in [0.5, 0.6) is 0 Å². The Hall–Kier alpha value is -2.06. The fraction of sp³-hybridized carbons (Fsp3) is 0.576. The Labute approximate surface area is 219 Å². The normalized spacial score (nSPS) is 16.3. The first-order valence-electron chi connectivity index (χ1n) is 14.1. The fourth-order valence-electron chi connectivity index (χ4n) is 4.30. The van der Waals surface area contributed by atoms with E-state index < -0.39 is 0 Å². The SMILES string of the molecule is C=C1CCC(CC2=CCCC=C2)N1C(=C)C(CC)CC.CCC.CCCNC.Cc1ccccc1. The molecular weight excluding hydrogens is 424 g/mol. The second-order valence-electron chi connectivity index (χ2n) is 9.56. The Morgan fingerprint density at radius 1 is 1.06 bits per heavy atom. The number of hydrogen-bond donors (Lipinski definition) is 1.